The van der Waals surface area contributed by atoms with Crippen molar-refractivity contribution in [2.75, 3.05) is 6.61 Å². The van der Waals surface area contributed by atoms with E-state index in [9.17, 15) is 4.79 Å². The Hall–Kier alpha value is -0.193. The van der Waals surface area contributed by atoms with Crippen LogP contribution in [0.4, 0.5) is 0 Å². The van der Waals surface area contributed by atoms with Crippen LogP contribution in [0, 0.1) is 0 Å². The summed E-state index contributed by atoms with van der Waals surface area (Å²) < 4.78 is 4.43. The minimum atomic E-state index is -0.359. The second kappa shape index (κ2) is 13.4. The first-order valence-electron chi connectivity index (χ1n) is 4.52. The molecule has 0 aliphatic carbocycles. The number of esters is 1. The van der Waals surface area contributed by atoms with Crippen molar-refractivity contribution in [1.29, 1.82) is 0 Å². The van der Waals surface area contributed by atoms with E-state index >= 15 is 0 Å². The topological polar surface area (TPSA) is 26.3 Å². The molecule has 12 heavy (non-hydrogen) atoms. The Kier molecular flexibility index (Phi) is 16.0. The maximum atomic E-state index is 10.1. The summed E-state index contributed by atoms with van der Waals surface area (Å²) >= 11 is 2.21. The summed E-state index contributed by atoms with van der Waals surface area (Å²) in [5.74, 6) is -0.359. The van der Waals surface area contributed by atoms with Crippen LogP contribution in [-0.2, 0) is 9.53 Å². The van der Waals surface area contributed by atoms with Gasteiger partial charge >= 0.3 is 48.5 Å². The Bertz CT molecular complexity index is 111. The van der Waals surface area contributed by atoms with Crippen molar-refractivity contribution < 1.29 is 9.53 Å². The molecular weight excluding hydrogens is 147 g/mol. The molecule has 0 radical (unpaired) electrons. The summed E-state index contributed by atoms with van der Waals surface area (Å²) in [5.41, 5.74) is 0. The van der Waals surface area contributed by atoms with Crippen LogP contribution in [-0.4, -0.2) is 30.3 Å². The molecule has 0 amide bonds. The molecule has 2 nitrogen and oxygen atoms in total. The predicted octanol–water partition coefficient (Wildman–Crippen LogP) is 2.11. The van der Waals surface area contributed by atoms with E-state index in [4.69, 9.17) is 0 Å². The van der Waals surface area contributed by atoms with Crippen molar-refractivity contribution in [3.8, 4) is 0 Å². The van der Waals surface area contributed by atoms with Crippen LogP contribution in [0.25, 0.3) is 0 Å². The van der Waals surface area contributed by atoms with E-state index in [1.165, 1.54) is 17.9 Å². The van der Waals surface area contributed by atoms with E-state index < -0.39 is 0 Å². The summed E-state index contributed by atoms with van der Waals surface area (Å²) in [6.45, 7) is 7.59. The number of hydrogen-bond donors (Lipinski definition) is 0. The Morgan fingerprint density at radius 1 is 1.58 bits per heavy atom. The van der Waals surface area contributed by atoms with Gasteiger partial charge in [-0.25, -0.2) is 4.79 Å². The van der Waals surface area contributed by atoms with E-state index in [-0.39, 0.29) is 5.97 Å². The van der Waals surface area contributed by atoms with Crippen LogP contribution in [0.3, 0.4) is 0 Å². The van der Waals surface area contributed by atoms with E-state index in [1.54, 1.807) is 6.92 Å². The molecule has 3 heteroatoms. The second-order valence-corrected chi connectivity index (χ2v) is 2.31. The van der Waals surface area contributed by atoms with Crippen LogP contribution in [0.2, 0.25) is 5.09 Å². The number of carbonyl (C=O) groups excluding carboxylic acids is 1. The molecule has 0 spiro atoms. The number of unbranched alkanes of at least 4 members (excludes halogenated alkanes) is 1. The average Bonchev–Trinajstić information content (AvgIpc) is 2.07. The van der Waals surface area contributed by atoms with E-state index in [1.807, 2.05) is 0 Å². The van der Waals surface area contributed by atoms with Crippen LogP contribution >= 0.6 is 0 Å². The Morgan fingerprint density at radius 3 is 2.25 bits per heavy atom. The van der Waals surface area contributed by atoms with Gasteiger partial charge in [0.1, 0.15) is 0 Å². The molecule has 0 aromatic carbocycles. The molecule has 0 aromatic rings. The van der Waals surface area contributed by atoms with Gasteiger partial charge in [-0.3, -0.25) is 0 Å². The first-order chi connectivity index (χ1) is 5.72. The van der Waals surface area contributed by atoms with Crippen LogP contribution in [0.1, 0.15) is 26.7 Å². The fourth-order valence-electron chi connectivity index (χ4n) is 0.555. The fraction of sp³-hybridized carbons (Fsp3) is 0.667. The van der Waals surface area contributed by atoms with Crippen molar-refractivity contribution in [2.45, 2.75) is 31.8 Å². The molecule has 0 aromatic heterocycles. The summed E-state index contributed by atoms with van der Waals surface area (Å²) in [4.78, 5) is 10.1. The molecule has 0 unspecified atom stereocenters. The zero-order chi connectivity index (χ0) is 9.82. The van der Waals surface area contributed by atoms with Crippen molar-refractivity contribution in [3.63, 3.8) is 0 Å². The molecule has 0 saturated heterocycles. The molecule has 0 fully saturated rings. The molecule has 0 atom stereocenters. The van der Waals surface area contributed by atoms with Crippen LogP contribution < -0.4 is 0 Å². The van der Waals surface area contributed by atoms with E-state index in [2.05, 4.69) is 36.0 Å². The third-order valence-corrected chi connectivity index (χ3v) is 1.16. The SMILES string of the molecule is C=CC(=O)OCC.[Li][CH2]CCC. The van der Waals surface area contributed by atoms with Gasteiger partial charge in [-0.1, -0.05) is 6.58 Å². The van der Waals surface area contributed by atoms with Crippen molar-refractivity contribution in [3.05, 3.63) is 12.7 Å². The van der Waals surface area contributed by atoms with Crippen molar-refractivity contribution >= 4 is 23.7 Å². The first kappa shape index (κ1) is 14.3. The van der Waals surface area contributed by atoms with Gasteiger partial charge in [-0.15, -0.1) is 0 Å². The maximum absolute atomic E-state index is 10.1. The van der Waals surface area contributed by atoms with Gasteiger partial charge in [0.05, 0.1) is 6.61 Å². The minimum absolute atomic E-state index is 0.359. The molecule has 0 bridgehead atoms. The summed E-state index contributed by atoms with van der Waals surface area (Å²) in [6.07, 6.45) is 3.88. The van der Waals surface area contributed by atoms with Gasteiger partial charge in [-0.05, 0) is 6.92 Å². The summed E-state index contributed by atoms with van der Waals surface area (Å²) in [6, 6.07) is 0. The van der Waals surface area contributed by atoms with Gasteiger partial charge in [0.2, 0.25) is 0 Å². The molecule has 0 heterocycles. The van der Waals surface area contributed by atoms with E-state index in [0.717, 1.165) is 6.08 Å². The zero-order valence-corrected chi connectivity index (χ0v) is 8.43. The quantitative estimate of drug-likeness (QED) is 0.361. The van der Waals surface area contributed by atoms with Gasteiger partial charge in [-0.2, -0.15) is 0 Å². The Morgan fingerprint density at radius 2 is 2.17 bits per heavy atom. The fourth-order valence-corrected chi connectivity index (χ4v) is 0.555. The predicted molar refractivity (Wildman–Crippen MR) is 52.3 cm³/mol. The normalized spacial score (nSPS) is 8.00. The molecule has 0 aliphatic rings. The first-order valence-corrected chi connectivity index (χ1v) is 4.52. The summed E-state index contributed by atoms with van der Waals surface area (Å²) in [5, 5.41) is 1.34. The number of ether oxygens (including phenoxy) is 1. The standard InChI is InChI=1S/C5H8O2.C4H9.Li/c1-3-5(6)7-4-2;1-3-4-2;/h3H,1,4H2,2H3;1,3-4H2,2H3;. The molecule has 66 valence electrons. The Labute approximate surface area is 84.6 Å². The Balaban J connectivity index is 0. The second-order valence-electron chi connectivity index (χ2n) is 2.31. The average molecular weight is 164 g/mol. The number of rotatable bonds is 4. The van der Waals surface area contributed by atoms with Crippen LogP contribution in [0.15, 0.2) is 12.7 Å². The number of hydrogen-bond acceptors (Lipinski definition) is 2. The van der Waals surface area contributed by atoms with Gasteiger partial charge in [0.15, 0.2) is 0 Å². The van der Waals surface area contributed by atoms with Crippen molar-refractivity contribution in [2.24, 2.45) is 0 Å². The molecule has 0 N–H and O–H groups in total. The summed E-state index contributed by atoms with van der Waals surface area (Å²) in [7, 11) is 0. The van der Waals surface area contributed by atoms with E-state index in [0.29, 0.717) is 6.61 Å². The molecule has 0 rings (SSSR count). The van der Waals surface area contributed by atoms with Gasteiger partial charge in [0, 0.05) is 6.08 Å². The van der Waals surface area contributed by atoms with Gasteiger partial charge < -0.3 is 4.74 Å². The molecular formula is C9H17LiO2. The third kappa shape index (κ3) is 16.4. The monoisotopic (exact) mass is 164 g/mol. The van der Waals surface area contributed by atoms with Crippen LogP contribution in [0.5, 0.6) is 0 Å². The number of carbonyl (C=O) groups is 1. The zero-order valence-electron chi connectivity index (χ0n) is 8.43. The molecule has 0 saturated carbocycles. The van der Waals surface area contributed by atoms with Gasteiger partial charge in [0.25, 0.3) is 0 Å². The molecule has 0 aliphatic heterocycles. The third-order valence-electron chi connectivity index (χ3n) is 1.16. The van der Waals surface area contributed by atoms with Crippen molar-refractivity contribution in [1.82, 2.24) is 0 Å².